The molecule has 3 rings (SSSR count). The number of nitrogens with one attached hydrogen (secondary N) is 1. The Kier molecular flexibility index (Phi) is 5.05. The van der Waals surface area contributed by atoms with Gasteiger partial charge in [-0.2, -0.15) is 13.2 Å². The van der Waals surface area contributed by atoms with Crippen molar-refractivity contribution >= 4 is 34.1 Å². The molecule has 2 heterocycles. The van der Waals surface area contributed by atoms with Crippen molar-refractivity contribution in [2.45, 2.75) is 10.4 Å². The molecule has 0 spiro atoms. The van der Waals surface area contributed by atoms with Gasteiger partial charge in [0, 0.05) is 22.0 Å². The van der Waals surface area contributed by atoms with Crippen LogP contribution in [0.5, 0.6) is 0 Å². The Balaban J connectivity index is 1.67. The zero-order valence-electron chi connectivity index (χ0n) is 12.4. The van der Waals surface area contributed by atoms with E-state index in [4.69, 9.17) is 0 Å². The average Bonchev–Trinajstić information content (AvgIpc) is 3.03. The van der Waals surface area contributed by atoms with Crippen LogP contribution in [0.2, 0.25) is 0 Å². The maximum atomic E-state index is 12.3. The number of benzene rings is 1. The molecule has 0 bridgehead atoms. The number of carbonyl (C=O) groups excluding carboxylic acids is 1. The van der Waals surface area contributed by atoms with Crippen molar-refractivity contribution < 1.29 is 18.0 Å². The van der Waals surface area contributed by atoms with Crippen LogP contribution in [0.1, 0.15) is 10.4 Å². The predicted molar refractivity (Wildman–Crippen MR) is 91.7 cm³/mol. The molecule has 0 saturated carbocycles. The maximum Gasteiger partial charge on any atom is 0.446 e. The second-order valence-corrected chi connectivity index (χ2v) is 6.78. The van der Waals surface area contributed by atoms with Crippen LogP contribution in [0.4, 0.5) is 18.3 Å². The molecule has 0 atom stereocenters. The minimum absolute atomic E-state index is 0.0238. The van der Waals surface area contributed by atoms with Crippen molar-refractivity contribution in [3.63, 3.8) is 0 Å². The van der Waals surface area contributed by atoms with Crippen LogP contribution in [-0.2, 0) is 0 Å². The third-order valence-corrected chi connectivity index (χ3v) is 4.50. The fourth-order valence-corrected chi connectivity index (χ4v) is 3.18. The summed E-state index contributed by atoms with van der Waals surface area (Å²) in [5, 5.41) is 4.78. The summed E-state index contributed by atoms with van der Waals surface area (Å²) in [6.07, 6.45) is 1.65. The molecule has 9 heteroatoms. The van der Waals surface area contributed by atoms with Crippen molar-refractivity contribution in [3.8, 4) is 11.4 Å². The Morgan fingerprint density at radius 2 is 1.84 bits per heavy atom. The van der Waals surface area contributed by atoms with Crippen LogP contribution in [0, 0.1) is 0 Å². The summed E-state index contributed by atoms with van der Waals surface area (Å²) in [4.78, 5) is 20.7. The fourth-order valence-electron chi connectivity index (χ4n) is 1.94. The monoisotopic (exact) mass is 381 g/mol. The zero-order chi connectivity index (χ0) is 17.9. The van der Waals surface area contributed by atoms with Crippen LogP contribution >= 0.6 is 23.1 Å². The van der Waals surface area contributed by atoms with Gasteiger partial charge in [0.25, 0.3) is 5.91 Å². The molecule has 0 radical (unpaired) electrons. The topological polar surface area (TPSA) is 54.9 Å². The largest absolute Gasteiger partial charge is 0.446 e. The van der Waals surface area contributed by atoms with Crippen molar-refractivity contribution in [1.82, 2.24) is 9.97 Å². The molecule has 0 aliphatic heterocycles. The van der Waals surface area contributed by atoms with E-state index in [1.165, 1.54) is 35.6 Å². The molecule has 1 N–H and O–H groups in total. The fraction of sp³-hybridized carbons (Fsp3) is 0.0625. The summed E-state index contributed by atoms with van der Waals surface area (Å²) >= 11 is 1.02. The van der Waals surface area contributed by atoms with Crippen LogP contribution < -0.4 is 5.32 Å². The summed E-state index contributed by atoms with van der Waals surface area (Å²) in [5.74, 6) is -0.439. The average molecular weight is 381 g/mol. The highest BCUT2D eigenvalue weighted by molar-refractivity contribution is 8.00. The highest BCUT2D eigenvalue weighted by Crippen LogP contribution is 2.36. The SMILES string of the molecule is O=C(Nc1nc(-c2ccccn2)cs1)c1ccc(SC(F)(F)F)cc1. The number of pyridine rings is 1. The number of hydrogen-bond acceptors (Lipinski definition) is 5. The van der Waals surface area contributed by atoms with Gasteiger partial charge in [0.15, 0.2) is 5.13 Å². The van der Waals surface area contributed by atoms with Gasteiger partial charge in [-0.1, -0.05) is 6.07 Å². The van der Waals surface area contributed by atoms with E-state index < -0.39 is 11.4 Å². The van der Waals surface area contributed by atoms with Crippen molar-refractivity contribution in [2.75, 3.05) is 5.32 Å². The summed E-state index contributed by atoms with van der Waals surface area (Å²) in [6.45, 7) is 0. The Morgan fingerprint density at radius 1 is 1.08 bits per heavy atom. The lowest BCUT2D eigenvalue weighted by atomic mass is 10.2. The first kappa shape index (κ1) is 17.4. The first-order chi connectivity index (χ1) is 11.9. The van der Waals surface area contributed by atoms with Crippen LogP contribution in [0.3, 0.4) is 0 Å². The molecule has 0 aliphatic carbocycles. The molecule has 1 aromatic carbocycles. The van der Waals surface area contributed by atoms with Gasteiger partial charge in [-0.3, -0.25) is 15.1 Å². The Labute approximate surface area is 149 Å². The molecule has 0 saturated heterocycles. The maximum absolute atomic E-state index is 12.3. The Hall–Kier alpha value is -2.39. The Morgan fingerprint density at radius 3 is 2.48 bits per heavy atom. The van der Waals surface area contributed by atoms with E-state index in [9.17, 15) is 18.0 Å². The summed E-state index contributed by atoms with van der Waals surface area (Å²) < 4.78 is 36.9. The number of anilines is 1. The third kappa shape index (κ3) is 4.80. The third-order valence-electron chi connectivity index (χ3n) is 3.00. The normalized spacial score (nSPS) is 11.3. The number of nitrogens with zero attached hydrogens (tertiary/aromatic N) is 2. The van der Waals surface area contributed by atoms with E-state index in [0.29, 0.717) is 16.5 Å². The van der Waals surface area contributed by atoms with E-state index in [0.717, 1.165) is 0 Å². The lowest BCUT2D eigenvalue weighted by Crippen LogP contribution is -2.11. The van der Waals surface area contributed by atoms with E-state index in [-0.39, 0.29) is 22.2 Å². The van der Waals surface area contributed by atoms with Crippen LogP contribution in [0.15, 0.2) is 58.9 Å². The lowest BCUT2D eigenvalue weighted by Gasteiger charge is -2.06. The zero-order valence-corrected chi connectivity index (χ0v) is 14.1. The second-order valence-electron chi connectivity index (χ2n) is 4.78. The number of halogens is 3. The van der Waals surface area contributed by atoms with E-state index in [2.05, 4.69) is 15.3 Å². The smallest absolute Gasteiger partial charge is 0.298 e. The number of aromatic nitrogens is 2. The summed E-state index contributed by atoms with van der Waals surface area (Å²) in [5.41, 5.74) is -2.78. The van der Waals surface area contributed by atoms with E-state index in [1.54, 1.807) is 23.7 Å². The standard InChI is InChI=1S/C16H10F3N3OS2/c17-16(18,19)25-11-6-4-10(5-7-11)14(23)22-15-21-13(9-24-15)12-3-1-2-8-20-12/h1-9H,(H,21,22,23). The van der Waals surface area contributed by atoms with Crippen LogP contribution in [-0.4, -0.2) is 21.4 Å². The molecule has 0 fully saturated rings. The minimum Gasteiger partial charge on any atom is -0.298 e. The van der Waals surface area contributed by atoms with Gasteiger partial charge >= 0.3 is 5.51 Å². The van der Waals surface area contributed by atoms with Gasteiger partial charge in [0.05, 0.1) is 5.69 Å². The molecule has 0 aliphatic rings. The molecule has 1 amide bonds. The quantitative estimate of drug-likeness (QED) is 0.641. The molecule has 0 unspecified atom stereocenters. The van der Waals surface area contributed by atoms with Crippen molar-refractivity contribution in [3.05, 3.63) is 59.6 Å². The molecular formula is C16H10F3N3OS2. The first-order valence-corrected chi connectivity index (χ1v) is 8.64. The van der Waals surface area contributed by atoms with Crippen molar-refractivity contribution in [2.24, 2.45) is 0 Å². The second kappa shape index (κ2) is 7.24. The highest BCUT2D eigenvalue weighted by Gasteiger charge is 2.29. The molecular weight excluding hydrogens is 371 g/mol. The molecule has 4 nitrogen and oxygen atoms in total. The molecule has 2 aromatic heterocycles. The van der Waals surface area contributed by atoms with Gasteiger partial charge in [-0.25, -0.2) is 4.98 Å². The minimum atomic E-state index is -4.35. The lowest BCUT2D eigenvalue weighted by molar-refractivity contribution is -0.0328. The van der Waals surface area contributed by atoms with Gasteiger partial charge in [0.2, 0.25) is 0 Å². The van der Waals surface area contributed by atoms with Gasteiger partial charge in [0.1, 0.15) is 5.69 Å². The number of alkyl halides is 3. The van der Waals surface area contributed by atoms with Crippen LogP contribution in [0.25, 0.3) is 11.4 Å². The van der Waals surface area contributed by atoms with E-state index >= 15 is 0 Å². The number of thioether (sulfide) groups is 1. The van der Waals surface area contributed by atoms with Crippen molar-refractivity contribution in [1.29, 1.82) is 0 Å². The van der Waals surface area contributed by atoms with Gasteiger partial charge in [-0.05, 0) is 48.2 Å². The Bertz CT molecular complexity index is 864. The number of rotatable bonds is 4. The summed E-state index contributed by atoms with van der Waals surface area (Å²) in [6, 6.07) is 10.6. The first-order valence-electron chi connectivity index (χ1n) is 6.95. The predicted octanol–water partition coefficient (Wildman–Crippen LogP) is 5.07. The number of amides is 1. The van der Waals surface area contributed by atoms with E-state index in [1.807, 2.05) is 6.07 Å². The number of hydrogen-bond donors (Lipinski definition) is 1. The van der Waals surface area contributed by atoms with Gasteiger partial charge < -0.3 is 0 Å². The van der Waals surface area contributed by atoms with Gasteiger partial charge in [-0.15, -0.1) is 11.3 Å². The highest BCUT2D eigenvalue weighted by atomic mass is 32.2. The number of carbonyl (C=O) groups is 1. The number of thiazole rings is 1. The molecule has 128 valence electrons. The summed E-state index contributed by atoms with van der Waals surface area (Å²) in [7, 11) is 0. The molecule has 3 aromatic rings. The molecule has 25 heavy (non-hydrogen) atoms.